The Kier molecular flexibility index (Phi) is 6.96. The second-order valence-corrected chi connectivity index (χ2v) is 5.01. The van der Waals surface area contributed by atoms with Crippen LogP contribution in [-0.4, -0.2) is 24.1 Å². The molecular formula is C18H24O4. The maximum atomic E-state index is 12.5. The summed E-state index contributed by atoms with van der Waals surface area (Å²) < 4.78 is 4.94. The van der Waals surface area contributed by atoms with Gasteiger partial charge in [-0.2, -0.15) is 0 Å². The summed E-state index contributed by atoms with van der Waals surface area (Å²) in [6.45, 7) is 7.24. The lowest BCUT2D eigenvalue weighted by molar-refractivity contribution is -0.152. The largest absolute Gasteiger partial charge is 0.465 e. The third kappa shape index (κ3) is 3.81. The van der Waals surface area contributed by atoms with Gasteiger partial charge in [0.15, 0.2) is 5.78 Å². The van der Waals surface area contributed by atoms with Crippen molar-refractivity contribution in [3.63, 3.8) is 0 Å². The van der Waals surface area contributed by atoms with E-state index >= 15 is 0 Å². The molecule has 0 aliphatic heterocycles. The number of rotatable bonds is 4. The first-order valence-corrected chi connectivity index (χ1v) is 7.85. The number of carbonyl (C=O) groups excluding carboxylic acids is 3. The molecule has 0 fully saturated rings. The Labute approximate surface area is 131 Å². The van der Waals surface area contributed by atoms with Crippen LogP contribution < -0.4 is 0 Å². The summed E-state index contributed by atoms with van der Waals surface area (Å²) in [6, 6.07) is 7.36. The Morgan fingerprint density at radius 3 is 2.50 bits per heavy atom. The fraction of sp³-hybridized carbons (Fsp3) is 0.500. The molecule has 22 heavy (non-hydrogen) atoms. The van der Waals surface area contributed by atoms with Crippen molar-refractivity contribution in [2.75, 3.05) is 6.61 Å². The Hall–Kier alpha value is -1.97. The molecule has 4 heteroatoms. The van der Waals surface area contributed by atoms with Crippen LogP contribution in [0.25, 0.3) is 0 Å². The van der Waals surface area contributed by atoms with Gasteiger partial charge in [0.1, 0.15) is 11.7 Å². The van der Waals surface area contributed by atoms with Gasteiger partial charge in [-0.3, -0.25) is 14.4 Å². The van der Waals surface area contributed by atoms with Gasteiger partial charge < -0.3 is 4.74 Å². The minimum absolute atomic E-state index is 0.125. The molecule has 1 aromatic rings. The number of hydrogen-bond acceptors (Lipinski definition) is 4. The van der Waals surface area contributed by atoms with Crippen LogP contribution in [0.4, 0.5) is 0 Å². The quantitative estimate of drug-likeness (QED) is 0.633. The maximum absolute atomic E-state index is 12.5. The first-order chi connectivity index (χ1) is 10.6. The monoisotopic (exact) mass is 304 g/mol. The average molecular weight is 304 g/mol. The zero-order valence-corrected chi connectivity index (χ0v) is 13.7. The van der Waals surface area contributed by atoms with Crippen molar-refractivity contribution in [3.8, 4) is 0 Å². The van der Waals surface area contributed by atoms with Gasteiger partial charge in [0, 0.05) is 11.5 Å². The standard InChI is InChI=1S/C16H18O4.C2H6/c1-3-20-16(19)14(10(2)17)13-9-8-11-6-4-5-7-12(11)15(13)18;1-2/h4-7,13-14H,3,8-9H2,1-2H3;1-2H3. The third-order valence-corrected chi connectivity index (χ3v) is 3.73. The summed E-state index contributed by atoms with van der Waals surface area (Å²) in [5.74, 6) is -2.59. The van der Waals surface area contributed by atoms with Crippen LogP contribution in [0.5, 0.6) is 0 Å². The van der Waals surface area contributed by atoms with Gasteiger partial charge in [-0.15, -0.1) is 0 Å². The summed E-state index contributed by atoms with van der Waals surface area (Å²) in [5, 5.41) is 0. The van der Waals surface area contributed by atoms with Crippen molar-refractivity contribution >= 4 is 17.5 Å². The van der Waals surface area contributed by atoms with E-state index in [-0.39, 0.29) is 18.2 Å². The van der Waals surface area contributed by atoms with Gasteiger partial charge in [-0.1, -0.05) is 38.1 Å². The Balaban J connectivity index is 0.00000116. The highest BCUT2D eigenvalue weighted by atomic mass is 16.5. The third-order valence-electron chi connectivity index (χ3n) is 3.73. The Morgan fingerprint density at radius 1 is 1.27 bits per heavy atom. The van der Waals surface area contributed by atoms with E-state index in [1.807, 2.05) is 26.0 Å². The van der Waals surface area contributed by atoms with E-state index in [0.717, 1.165) is 5.56 Å². The van der Waals surface area contributed by atoms with Crippen LogP contribution in [0.2, 0.25) is 0 Å². The van der Waals surface area contributed by atoms with Crippen LogP contribution in [0.15, 0.2) is 24.3 Å². The minimum atomic E-state index is -0.976. The lowest BCUT2D eigenvalue weighted by Gasteiger charge is -2.27. The molecule has 120 valence electrons. The molecule has 2 atom stereocenters. The van der Waals surface area contributed by atoms with E-state index < -0.39 is 17.8 Å². The zero-order valence-electron chi connectivity index (χ0n) is 13.7. The van der Waals surface area contributed by atoms with E-state index in [4.69, 9.17) is 4.74 Å². The summed E-state index contributed by atoms with van der Waals surface area (Å²) in [4.78, 5) is 36.2. The van der Waals surface area contributed by atoms with Gasteiger partial charge in [0.05, 0.1) is 6.61 Å². The van der Waals surface area contributed by atoms with Crippen molar-refractivity contribution < 1.29 is 19.1 Å². The topological polar surface area (TPSA) is 60.4 Å². The number of aryl methyl sites for hydroxylation is 1. The number of carbonyl (C=O) groups is 3. The SMILES string of the molecule is CC.CCOC(=O)C(C(C)=O)C1CCc2ccccc2C1=O. The molecule has 0 amide bonds. The van der Waals surface area contributed by atoms with Crippen LogP contribution >= 0.6 is 0 Å². The highest BCUT2D eigenvalue weighted by molar-refractivity contribution is 6.08. The zero-order chi connectivity index (χ0) is 16.7. The fourth-order valence-corrected chi connectivity index (χ4v) is 2.78. The number of hydrogen-bond donors (Lipinski definition) is 0. The molecule has 0 heterocycles. The molecule has 1 aliphatic rings. The molecular weight excluding hydrogens is 280 g/mol. The Bertz CT molecular complexity index is 548. The molecule has 0 saturated heterocycles. The average Bonchev–Trinajstić information content (AvgIpc) is 2.52. The number of benzene rings is 1. The predicted octanol–water partition coefficient (Wildman–Crippen LogP) is 3.23. The second-order valence-electron chi connectivity index (χ2n) is 5.01. The Morgan fingerprint density at radius 2 is 1.91 bits per heavy atom. The summed E-state index contributed by atoms with van der Waals surface area (Å²) in [7, 11) is 0. The highest BCUT2D eigenvalue weighted by Gasteiger charge is 2.40. The van der Waals surface area contributed by atoms with Gasteiger partial charge in [-0.05, 0) is 32.3 Å². The molecule has 4 nitrogen and oxygen atoms in total. The molecule has 0 radical (unpaired) electrons. The molecule has 0 aromatic heterocycles. The van der Waals surface area contributed by atoms with E-state index in [9.17, 15) is 14.4 Å². The normalized spacial score (nSPS) is 17.6. The lowest BCUT2D eigenvalue weighted by Crippen LogP contribution is -2.38. The first kappa shape index (κ1) is 18.1. The minimum Gasteiger partial charge on any atom is -0.465 e. The summed E-state index contributed by atoms with van der Waals surface area (Å²) in [5.41, 5.74) is 1.61. The maximum Gasteiger partial charge on any atom is 0.317 e. The van der Waals surface area contributed by atoms with Crippen molar-refractivity contribution in [3.05, 3.63) is 35.4 Å². The van der Waals surface area contributed by atoms with Gasteiger partial charge in [0.25, 0.3) is 0 Å². The number of ether oxygens (including phenoxy) is 1. The van der Waals surface area contributed by atoms with E-state index in [0.29, 0.717) is 18.4 Å². The molecule has 2 unspecified atom stereocenters. The molecule has 0 saturated carbocycles. The van der Waals surface area contributed by atoms with E-state index in [1.54, 1.807) is 19.1 Å². The van der Waals surface area contributed by atoms with E-state index in [2.05, 4.69) is 0 Å². The van der Waals surface area contributed by atoms with Crippen LogP contribution in [-0.2, 0) is 20.7 Å². The first-order valence-electron chi connectivity index (χ1n) is 7.85. The summed E-state index contributed by atoms with van der Waals surface area (Å²) >= 11 is 0. The van der Waals surface area contributed by atoms with Crippen molar-refractivity contribution in [1.29, 1.82) is 0 Å². The van der Waals surface area contributed by atoms with Crippen molar-refractivity contribution in [1.82, 2.24) is 0 Å². The van der Waals surface area contributed by atoms with Crippen molar-refractivity contribution in [2.45, 2.75) is 40.5 Å². The van der Waals surface area contributed by atoms with Gasteiger partial charge in [-0.25, -0.2) is 0 Å². The van der Waals surface area contributed by atoms with Crippen LogP contribution in [0.1, 0.15) is 50.0 Å². The predicted molar refractivity (Wildman–Crippen MR) is 84.7 cm³/mol. The van der Waals surface area contributed by atoms with Gasteiger partial charge >= 0.3 is 5.97 Å². The molecule has 2 rings (SSSR count). The summed E-state index contributed by atoms with van der Waals surface area (Å²) in [6.07, 6.45) is 1.22. The number of Topliss-reactive ketones (excluding diaryl/α,β-unsaturated/α-hetero) is 2. The van der Waals surface area contributed by atoms with E-state index in [1.165, 1.54) is 6.92 Å². The molecule has 1 aromatic carbocycles. The second kappa shape index (κ2) is 8.47. The van der Waals surface area contributed by atoms with Gasteiger partial charge in [0.2, 0.25) is 0 Å². The van der Waals surface area contributed by atoms with Crippen LogP contribution in [0, 0.1) is 11.8 Å². The smallest absolute Gasteiger partial charge is 0.317 e. The lowest BCUT2D eigenvalue weighted by atomic mass is 9.75. The van der Waals surface area contributed by atoms with Crippen LogP contribution in [0.3, 0.4) is 0 Å². The molecule has 0 spiro atoms. The van der Waals surface area contributed by atoms with Crippen molar-refractivity contribution in [2.24, 2.45) is 11.8 Å². The number of esters is 1. The number of ketones is 2. The molecule has 0 N–H and O–H groups in total. The molecule has 1 aliphatic carbocycles. The molecule has 0 bridgehead atoms. The number of fused-ring (bicyclic) bond motifs is 1. The fourth-order valence-electron chi connectivity index (χ4n) is 2.78. The highest BCUT2D eigenvalue weighted by Crippen LogP contribution is 2.31.